The summed E-state index contributed by atoms with van der Waals surface area (Å²) in [5.41, 5.74) is 0.220. The lowest BCUT2D eigenvalue weighted by Crippen LogP contribution is -2.20. The fourth-order valence-electron chi connectivity index (χ4n) is 2.85. The van der Waals surface area contributed by atoms with E-state index in [9.17, 15) is 28.1 Å². The van der Waals surface area contributed by atoms with Crippen LogP contribution in [0, 0.1) is 16.0 Å². The second-order valence-corrected chi connectivity index (χ2v) is 5.72. The molecule has 1 aliphatic rings. The summed E-state index contributed by atoms with van der Waals surface area (Å²) < 4.78 is 37.8. The van der Waals surface area contributed by atoms with E-state index in [4.69, 9.17) is 0 Å². The maximum Gasteiger partial charge on any atom is 0.416 e. The van der Waals surface area contributed by atoms with Gasteiger partial charge in [-0.25, -0.2) is 0 Å². The molecule has 0 amide bonds. The van der Waals surface area contributed by atoms with E-state index in [1.54, 1.807) is 6.08 Å². The van der Waals surface area contributed by atoms with Crippen molar-refractivity contribution in [1.82, 2.24) is 0 Å². The number of benzene rings is 2. The van der Waals surface area contributed by atoms with Gasteiger partial charge in [0.25, 0.3) is 5.69 Å². The van der Waals surface area contributed by atoms with Gasteiger partial charge in [-0.3, -0.25) is 14.9 Å². The van der Waals surface area contributed by atoms with Crippen molar-refractivity contribution in [3.63, 3.8) is 0 Å². The van der Waals surface area contributed by atoms with Gasteiger partial charge in [0.05, 0.1) is 16.1 Å². The summed E-state index contributed by atoms with van der Waals surface area (Å²) in [6, 6.07) is 8.93. The Hall–Kier alpha value is -2.96. The first-order valence-electron chi connectivity index (χ1n) is 7.43. The first-order valence-corrected chi connectivity index (χ1v) is 7.43. The molecule has 0 spiro atoms. The molecule has 0 heterocycles. The molecule has 1 aliphatic carbocycles. The van der Waals surface area contributed by atoms with Crippen LogP contribution in [-0.2, 0) is 12.6 Å². The van der Waals surface area contributed by atoms with Crippen LogP contribution in [0.1, 0.15) is 27.0 Å². The Labute approximate surface area is 140 Å². The van der Waals surface area contributed by atoms with Crippen LogP contribution >= 0.6 is 0 Å². The van der Waals surface area contributed by atoms with E-state index in [1.165, 1.54) is 36.4 Å². The number of hydrogen-bond donors (Lipinski definition) is 0. The van der Waals surface area contributed by atoms with Gasteiger partial charge in [0.2, 0.25) is 0 Å². The molecular weight excluding hydrogens is 335 g/mol. The molecule has 0 fully saturated rings. The van der Waals surface area contributed by atoms with Gasteiger partial charge in [0.1, 0.15) is 0 Å². The highest BCUT2D eigenvalue weighted by Gasteiger charge is 2.31. The minimum absolute atomic E-state index is 0.143. The van der Waals surface area contributed by atoms with Gasteiger partial charge in [-0.2, -0.15) is 13.2 Å². The second-order valence-electron chi connectivity index (χ2n) is 5.72. The van der Waals surface area contributed by atoms with Crippen LogP contribution in [0.3, 0.4) is 0 Å². The molecule has 128 valence electrons. The number of carbonyl (C=O) groups excluding carboxylic acids is 1. The minimum Gasteiger partial charge on any atom is -0.293 e. The first kappa shape index (κ1) is 16.9. The van der Waals surface area contributed by atoms with Gasteiger partial charge in [-0.15, -0.1) is 0 Å². The molecule has 4 nitrogen and oxygen atoms in total. The average molecular weight is 347 g/mol. The van der Waals surface area contributed by atoms with E-state index in [1.807, 2.05) is 0 Å². The predicted octanol–water partition coefficient (Wildman–Crippen LogP) is 4.68. The van der Waals surface area contributed by atoms with Crippen molar-refractivity contribution >= 4 is 17.5 Å². The summed E-state index contributed by atoms with van der Waals surface area (Å²) in [5.74, 6) is -0.840. The molecule has 1 unspecified atom stereocenters. The zero-order valence-corrected chi connectivity index (χ0v) is 12.8. The number of ketones is 1. The van der Waals surface area contributed by atoms with Crippen LogP contribution in [0.25, 0.3) is 6.08 Å². The molecule has 0 radical (unpaired) electrons. The number of nitro groups is 1. The van der Waals surface area contributed by atoms with Gasteiger partial charge in [-0.05, 0) is 24.1 Å². The van der Waals surface area contributed by atoms with Crippen molar-refractivity contribution in [3.8, 4) is 0 Å². The third-order valence-electron chi connectivity index (χ3n) is 4.11. The van der Waals surface area contributed by atoms with E-state index < -0.39 is 22.6 Å². The summed E-state index contributed by atoms with van der Waals surface area (Å²) in [5, 5.41) is 11.0. The SMILES string of the molecule is O=C1c2cccc([N+](=O)[O-])c2C=CC1Cc1ccc(C(F)(F)F)cc1. The third kappa shape index (κ3) is 3.31. The molecule has 25 heavy (non-hydrogen) atoms. The van der Waals surface area contributed by atoms with Crippen LogP contribution in [0.2, 0.25) is 0 Å². The van der Waals surface area contributed by atoms with Gasteiger partial charge in [0.15, 0.2) is 5.78 Å². The van der Waals surface area contributed by atoms with Crippen molar-refractivity contribution in [2.24, 2.45) is 5.92 Å². The number of nitro benzene ring substituents is 1. The van der Waals surface area contributed by atoms with Gasteiger partial charge in [-0.1, -0.05) is 36.4 Å². The van der Waals surface area contributed by atoms with Crippen molar-refractivity contribution < 1.29 is 22.9 Å². The molecule has 0 bridgehead atoms. The smallest absolute Gasteiger partial charge is 0.293 e. The normalized spacial score (nSPS) is 16.6. The molecule has 0 aliphatic heterocycles. The number of alkyl halides is 3. The monoisotopic (exact) mass is 347 g/mol. The van der Waals surface area contributed by atoms with E-state index in [0.29, 0.717) is 5.56 Å². The Morgan fingerprint density at radius 2 is 1.76 bits per heavy atom. The quantitative estimate of drug-likeness (QED) is 0.598. The molecule has 3 rings (SSSR count). The summed E-state index contributed by atoms with van der Waals surface area (Å²) in [4.78, 5) is 23.1. The Balaban J connectivity index is 1.84. The Kier molecular flexibility index (Phi) is 4.16. The zero-order chi connectivity index (χ0) is 18.2. The molecule has 0 saturated carbocycles. The van der Waals surface area contributed by atoms with Crippen LogP contribution in [0.5, 0.6) is 0 Å². The molecule has 0 aromatic heterocycles. The lowest BCUT2D eigenvalue weighted by molar-refractivity contribution is -0.385. The van der Waals surface area contributed by atoms with Crippen LogP contribution in [0.15, 0.2) is 48.5 Å². The van der Waals surface area contributed by atoms with Gasteiger partial charge in [0, 0.05) is 17.5 Å². The largest absolute Gasteiger partial charge is 0.416 e. The third-order valence-corrected chi connectivity index (χ3v) is 4.11. The molecule has 0 N–H and O–H groups in total. The number of nitrogens with zero attached hydrogens (tertiary/aromatic N) is 1. The average Bonchev–Trinajstić information content (AvgIpc) is 2.56. The summed E-state index contributed by atoms with van der Waals surface area (Å²) >= 11 is 0. The number of allylic oxidation sites excluding steroid dienone is 1. The van der Waals surface area contributed by atoms with Gasteiger partial charge >= 0.3 is 6.18 Å². The highest BCUT2D eigenvalue weighted by atomic mass is 19.4. The lowest BCUT2D eigenvalue weighted by atomic mass is 9.84. The van der Waals surface area contributed by atoms with Crippen LogP contribution in [-0.4, -0.2) is 10.7 Å². The second kappa shape index (κ2) is 6.16. The molecule has 2 aromatic carbocycles. The van der Waals surface area contributed by atoms with Crippen LogP contribution < -0.4 is 0 Å². The number of fused-ring (bicyclic) bond motifs is 1. The predicted molar refractivity (Wildman–Crippen MR) is 85.1 cm³/mol. The number of rotatable bonds is 3. The first-order chi connectivity index (χ1) is 11.8. The van der Waals surface area contributed by atoms with Crippen molar-refractivity contribution in [1.29, 1.82) is 0 Å². The van der Waals surface area contributed by atoms with Crippen molar-refractivity contribution in [3.05, 3.63) is 80.9 Å². The minimum atomic E-state index is -4.41. The number of hydrogen-bond acceptors (Lipinski definition) is 3. The maximum absolute atomic E-state index is 12.6. The van der Waals surface area contributed by atoms with Crippen LogP contribution in [0.4, 0.5) is 18.9 Å². The summed E-state index contributed by atoms with van der Waals surface area (Å²) in [7, 11) is 0. The molecule has 0 saturated heterocycles. The molecule has 7 heteroatoms. The van der Waals surface area contributed by atoms with E-state index in [-0.39, 0.29) is 29.0 Å². The summed E-state index contributed by atoms with van der Waals surface area (Å²) in [6.07, 6.45) is -1.08. The van der Waals surface area contributed by atoms with E-state index in [2.05, 4.69) is 0 Å². The van der Waals surface area contributed by atoms with E-state index in [0.717, 1.165) is 12.1 Å². The fourth-order valence-corrected chi connectivity index (χ4v) is 2.85. The van der Waals surface area contributed by atoms with E-state index >= 15 is 0 Å². The standard InChI is InChI=1S/C18H12F3NO3/c19-18(20,21)13-7-4-11(5-8-13)10-12-6-9-14-15(17(12)23)2-1-3-16(14)22(24)25/h1-9,12H,10H2. The number of carbonyl (C=O) groups is 1. The number of halogens is 3. The topological polar surface area (TPSA) is 60.2 Å². The summed E-state index contributed by atoms with van der Waals surface area (Å²) in [6.45, 7) is 0. The lowest BCUT2D eigenvalue weighted by Gasteiger charge is -2.18. The van der Waals surface area contributed by atoms with Crippen molar-refractivity contribution in [2.45, 2.75) is 12.6 Å². The van der Waals surface area contributed by atoms with Gasteiger partial charge < -0.3 is 0 Å². The highest BCUT2D eigenvalue weighted by molar-refractivity contribution is 6.05. The Morgan fingerprint density at radius 1 is 1.08 bits per heavy atom. The molecule has 2 aromatic rings. The maximum atomic E-state index is 12.6. The number of Topliss-reactive ketones (excluding diaryl/α,β-unsaturated/α-hetero) is 1. The zero-order valence-electron chi connectivity index (χ0n) is 12.8. The Morgan fingerprint density at radius 3 is 2.36 bits per heavy atom. The fraction of sp³-hybridized carbons (Fsp3) is 0.167. The Bertz CT molecular complexity index is 870. The van der Waals surface area contributed by atoms with Crippen molar-refractivity contribution in [2.75, 3.05) is 0 Å². The molecule has 1 atom stereocenters. The molecular formula is C18H12F3NO3. The highest BCUT2D eigenvalue weighted by Crippen LogP contribution is 2.33.